The molecular weight excluding hydrogens is 408 g/mol. The smallest absolute Gasteiger partial charge is 0.323 e. The Hall–Kier alpha value is -2.33. The van der Waals surface area contributed by atoms with E-state index in [1.54, 1.807) is 48.7 Å². The van der Waals surface area contributed by atoms with Gasteiger partial charge in [0.25, 0.3) is 10.0 Å². The van der Waals surface area contributed by atoms with Crippen LogP contribution in [0.3, 0.4) is 0 Å². The molecule has 0 aliphatic carbocycles. The maximum absolute atomic E-state index is 12.7. The van der Waals surface area contributed by atoms with Gasteiger partial charge in [0.15, 0.2) is 0 Å². The number of hydrogen-bond donors (Lipinski definition) is 3. The van der Waals surface area contributed by atoms with E-state index in [0.717, 1.165) is 5.56 Å². The number of esters is 1. The Bertz CT molecular complexity index is 905. The number of aryl methyl sites for hydroxylation is 1. The summed E-state index contributed by atoms with van der Waals surface area (Å²) >= 11 is 0. The number of nitrogens with two attached hydrogens (primary N) is 2. The van der Waals surface area contributed by atoms with Crippen molar-refractivity contribution in [3.05, 3.63) is 22.8 Å². The van der Waals surface area contributed by atoms with E-state index < -0.39 is 27.6 Å². The number of carbonyl (C=O) groups excluding carboxylic acids is 1. The van der Waals surface area contributed by atoms with Crippen molar-refractivity contribution < 1.29 is 22.7 Å². The quantitative estimate of drug-likeness (QED) is 0.240. The number of sulfonamides is 1. The standard InChI is InChI=1S/C20H34N4O5S/c1-12-11-16(13(2)14(3)17(12)28-7)30(26,27)24-19(22)23-10-8-9-15(21)18(25)29-20(4,5)6/h11,15H,8-10,21H2,1-7H3,(H3,22,23,24)/t15-/m0/s1. The van der Waals surface area contributed by atoms with Crippen LogP contribution >= 0.6 is 0 Å². The molecule has 170 valence electrons. The van der Waals surface area contributed by atoms with E-state index in [9.17, 15) is 13.2 Å². The summed E-state index contributed by atoms with van der Waals surface area (Å²) in [6, 6.07) is 0.765. The third-order valence-electron chi connectivity index (χ3n) is 4.38. The number of nitrogens with zero attached hydrogens (tertiary/aromatic N) is 1. The summed E-state index contributed by atoms with van der Waals surface area (Å²) < 4.78 is 38.3. The lowest BCUT2D eigenvalue weighted by Gasteiger charge is -2.22. The van der Waals surface area contributed by atoms with Crippen LogP contribution in [0.2, 0.25) is 0 Å². The average Bonchev–Trinajstić information content (AvgIpc) is 2.60. The van der Waals surface area contributed by atoms with Crippen LogP contribution in [0.25, 0.3) is 0 Å². The third kappa shape index (κ3) is 7.17. The Balaban J connectivity index is 2.75. The average molecular weight is 443 g/mol. The highest BCUT2D eigenvalue weighted by Crippen LogP contribution is 2.30. The van der Waals surface area contributed by atoms with E-state index in [1.165, 1.54) is 6.07 Å². The van der Waals surface area contributed by atoms with Crippen molar-refractivity contribution in [2.75, 3.05) is 13.7 Å². The normalized spacial score (nSPS) is 13.7. The van der Waals surface area contributed by atoms with E-state index in [4.69, 9.17) is 20.9 Å². The fraction of sp³-hybridized carbons (Fsp3) is 0.600. The molecule has 9 nitrogen and oxygen atoms in total. The zero-order chi connectivity index (χ0) is 23.3. The van der Waals surface area contributed by atoms with Gasteiger partial charge in [-0.2, -0.15) is 0 Å². The van der Waals surface area contributed by atoms with Crippen molar-refractivity contribution in [2.24, 2.45) is 16.5 Å². The van der Waals surface area contributed by atoms with E-state index in [-0.39, 0.29) is 17.4 Å². The van der Waals surface area contributed by atoms with Gasteiger partial charge < -0.3 is 20.9 Å². The van der Waals surface area contributed by atoms with Crippen LogP contribution < -0.4 is 20.9 Å². The molecule has 0 saturated heterocycles. The van der Waals surface area contributed by atoms with Crippen LogP contribution in [0.15, 0.2) is 16.0 Å². The van der Waals surface area contributed by atoms with Gasteiger partial charge in [-0.3, -0.25) is 9.79 Å². The summed E-state index contributed by atoms with van der Waals surface area (Å²) in [5, 5.41) is 0. The van der Waals surface area contributed by atoms with Gasteiger partial charge >= 0.3 is 5.97 Å². The molecule has 0 amide bonds. The van der Waals surface area contributed by atoms with Crippen LogP contribution in [0.1, 0.15) is 50.3 Å². The summed E-state index contributed by atoms with van der Waals surface area (Å²) in [5.74, 6) is -0.0679. The van der Waals surface area contributed by atoms with Crippen molar-refractivity contribution in [3.8, 4) is 5.75 Å². The van der Waals surface area contributed by atoms with Crippen molar-refractivity contribution in [1.29, 1.82) is 0 Å². The number of aliphatic imine (C=N–C) groups is 1. The number of guanidine groups is 1. The number of nitrogens with one attached hydrogen (secondary N) is 1. The van der Waals surface area contributed by atoms with Crippen molar-refractivity contribution in [2.45, 2.75) is 70.9 Å². The summed E-state index contributed by atoms with van der Waals surface area (Å²) in [4.78, 5) is 16.0. The molecule has 0 unspecified atom stereocenters. The van der Waals surface area contributed by atoms with Gasteiger partial charge in [-0.15, -0.1) is 0 Å². The van der Waals surface area contributed by atoms with Gasteiger partial charge in [0.2, 0.25) is 5.96 Å². The third-order valence-corrected chi connectivity index (χ3v) is 5.86. The molecule has 0 heterocycles. The summed E-state index contributed by atoms with van der Waals surface area (Å²) in [6.07, 6.45) is 0.789. The molecule has 0 aromatic heterocycles. The predicted molar refractivity (Wildman–Crippen MR) is 117 cm³/mol. The fourth-order valence-electron chi connectivity index (χ4n) is 2.85. The van der Waals surface area contributed by atoms with Crippen LogP contribution in [0, 0.1) is 20.8 Å². The Morgan fingerprint density at radius 3 is 2.37 bits per heavy atom. The molecule has 10 heteroatoms. The fourth-order valence-corrected chi connectivity index (χ4v) is 4.18. The Morgan fingerprint density at radius 1 is 1.23 bits per heavy atom. The second-order valence-corrected chi connectivity index (χ2v) is 9.78. The number of methoxy groups -OCH3 is 1. The minimum Gasteiger partial charge on any atom is -0.496 e. The van der Waals surface area contributed by atoms with Gasteiger partial charge in [-0.25, -0.2) is 13.1 Å². The predicted octanol–water partition coefficient (Wildman–Crippen LogP) is 1.66. The molecule has 0 bridgehead atoms. The monoisotopic (exact) mass is 442 g/mol. The Kier molecular flexibility index (Phi) is 8.67. The van der Waals surface area contributed by atoms with Crippen LogP contribution in [-0.4, -0.2) is 45.6 Å². The largest absolute Gasteiger partial charge is 0.496 e. The summed E-state index contributed by atoms with van der Waals surface area (Å²) in [5.41, 5.74) is 13.0. The lowest BCUT2D eigenvalue weighted by atomic mass is 10.1. The van der Waals surface area contributed by atoms with Gasteiger partial charge in [0.05, 0.1) is 12.0 Å². The van der Waals surface area contributed by atoms with Gasteiger partial charge in [-0.1, -0.05) is 0 Å². The molecular formula is C20H34N4O5S. The highest BCUT2D eigenvalue weighted by Gasteiger charge is 2.23. The zero-order valence-electron chi connectivity index (χ0n) is 18.8. The highest BCUT2D eigenvalue weighted by molar-refractivity contribution is 7.90. The first-order chi connectivity index (χ1) is 13.7. The van der Waals surface area contributed by atoms with Crippen LogP contribution in [-0.2, 0) is 19.6 Å². The molecule has 0 spiro atoms. The molecule has 1 aromatic carbocycles. The summed E-state index contributed by atoms with van der Waals surface area (Å²) in [6.45, 7) is 10.8. The zero-order valence-corrected chi connectivity index (χ0v) is 19.6. The summed E-state index contributed by atoms with van der Waals surface area (Å²) in [7, 11) is -2.37. The minimum absolute atomic E-state index is 0.114. The van der Waals surface area contributed by atoms with E-state index in [2.05, 4.69) is 9.71 Å². The van der Waals surface area contributed by atoms with E-state index >= 15 is 0 Å². The number of hydrogen-bond acceptors (Lipinski definition) is 7. The first-order valence-electron chi connectivity index (χ1n) is 9.65. The first-order valence-corrected chi connectivity index (χ1v) is 11.1. The van der Waals surface area contributed by atoms with Crippen LogP contribution in [0.5, 0.6) is 5.75 Å². The van der Waals surface area contributed by atoms with Crippen molar-refractivity contribution in [1.82, 2.24) is 4.72 Å². The number of carbonyl (C=O) groups is 1. The van der Waals surface area contributed by atoms with Crippen LogP contribution in [0.4, 0.5) is 0 Å². The molecule has 0 aliphatic heterocycles. The topological polar surface area (TPSA) is 146 Å². The molecule has 1 atom stereocenters. The molecule has 0 fully saturated rings. The molecule has 1 rings (SSSR count). The number of rotatable bonds is 8. The number of ether oxygens (including phenoxy) is 2. The van der Waals surface area contributed by atoms with Gasteiger partial charge in [-0.05, 0) is 77.1 Å². The van der Waals surface area contributed by atoms with Gasteiger partial charge in [0.1, 0.15) is 17.4 Å². The lowest BCUT2D eigenvalue weighted by Crippen LogP contribution is -2.38. The van der Waals surface area contributed by atoms with Gasteiger partial charge in [0, 0.05) is 6.54 Å². The Labute approximate surface area is 179 Å². The lowest BCUT2D eigenvalue weighted by molar-refractivity contribution is -0.156. The maximum Gasteiger partial charge on any atom is 0.323 e. The Morgan fingerprint density at radius 2 is 1.83 bits per heavy atom. The molecule has 0 saturated carbocycles. The molecule has 0 radical (unpaired) electrons. The van der Waals surface area contributed by atoms with E-state index in [1.807, 2.05) is 0 Å². The van der Waals surface area contributed by atoms with Crippen molar-refractivity contribution >= 4 is 22.0 Å². The number of benzene rings is 1. The second-order valence-electron chi connectivity index (χ2n) is 8.13. The molecule has 30 heavy (non-hydrogen) atoms. The van der Waals surface area contributed by atoms with E-state index in [0.29, 0.717) is 29.7 Å². The SMILES string of the molecule is COc1c(C)cc(S(=O)(=O)NC(N)=NCCC[C@H](N)C(=O)OC(C)(C)C)c(C)c1C. The van der Waals surface area contributed by atoms with Crippen molar-refractivity contribution in [3.63, 3.8) is 0 Å². The highest BCUT2D eigenvalue weighted by atomic mass is 32.2. The minimum atomic E-state index is -3.91. The molecule has 5 N–H and O–H groups in total. The maximum atomic E-state index is 12.7. The molecule has 0 aliphatic rings. The first kappa shape index (κ1) is 25.7. The second kappa shape index (κ2) is 10.1. The molecule has 1 aromatic rings.